The van der Waals surface area contributed by atoms with E-state index in [9.17, 15) is 0 Å². The van der Waals surface area contributed by atoms with Gasteiger partial charge in [-0.1, -0.05) is 109 Å². The van der Waals surface area contributed by atoms with Crippen molar-refractivity contribution in [2.24, 2.45) is 0 Å². The van der Waals surface area contributed by atoms with Gasteiger partial charge in [0.15, 0.2) is 0 Å². The third kappa shape index (κ3) is 3.40. The van der Waals surface area contributed by atoms with Crippen LogP contribution in [0.3, 0.4) is 0 Å². The number of hydrogen-bond acceptors (Lipinski definition) is 0. The van der Waals surface area contributed by atoms with Gasteiger partial charge in [0.1, 0.15) is 0 Å². The molecule has 1 nitrogen and oxygen atoms in total. The molecular formula is C38H27N. The van der Waals surface area contributed by atoms with E-state index in [4.69, 9.17) is 0 Å². The van der Waals surface area contributed by atoms with E-state index in [1.54, 1.807) is 0 Å². The molecule has 1 heteroatoms. The second-order valence-corrected chi connectivity index (χ2v) is 10.7. The molecule has 0 atom stereocenters. The van der Waals surface area contributed by atoms with Gasteiger partial charge in [0.25, 0.3) is 0 Å². The number of nitrogens with zero attached hydrogens (tertiary/aromatic N) is 1. The van der Waals surface area contributed by atoms with Crippen LogP contribution in [0.2, 0.25) is 0 Å². The highest BCUT2D eigenvalue weighted by molar-refractivity contribution is 6.10. The SMILES string of the molecule is Cc1cccc(-n2c3ccccc3c3cc(-c4ccc(C5c6ccccc6-c6ccccc65)cc4)ccc32)c1. The number of fused-ring (bicyclic) bond motifs is 6. The fourth-order valence-corrected chi connectivity index (χ4v) is 6.58. The number of aromatic nitrogens is 1. The van der Waals surface area contributed by atoms with Gasteiger partial charge in [0.05, 0.1) is 11.0 Å². The van der Waals surface area contributed by atoms with Crippen molar-refractivity contribution in [3.8, 4) is 27.9 Å². The Bertz CT molecular complexity index is 1980. The van der Waals surface area contributed by atoms with Gasteiger partial charge in [-0.3, -0.25) is 0 Å². The topological polar surface area (TPSA) is 4.93 Å². The van der Waals surface area contributed by atoms with Gasteiger partial charge >= 0.3 is 0 Å². The number of hydrogen-bond donors (Lipinski definition) is 0. The summed E-state index contributed by atoms with van der Waals surface area (Å²) in [6, 6.07) is 51.3. The highest BCUT2D eigenvalue weighted by Gasteiger charge is 2.29. The highest BCUT2D eigenvalue weighted by atomic mass is 15.0. The molecule has 0 bridgehead atoms. The van der Waals surface area contributed by atoms with Crippen molar-refractivity contribution >= 4 is 21.8 Å². The zero-order valence-corrected chi connectivity index (χ0v) is 21.8. The molecule has 1 aromatic heterocycles. The van der Waals surface area contributed by atoms with Crippen LogP contribution in [0.1, 0.15) is 28.2 Å². The van der Waals surface area contributed by atoms with Crippen molar-refractivity contribution in [2.75, 3.05) is 0 Å². The van der Waals surface area contributed by atoms with Crippen LogP contribution in [0, 0.1) is 6.92 Å². The number of rotatable bonds is 3. The van der Waals surface area contributed by atoms with Crippen molar-refractivity contribution in [2.45, 2.75) is 12.8 Å². The summed E-state index contributed by atoms with van der Waals surface area (Å²) in [6.45, 7) is 2.15. The van der Waals surface area contributed by atoms with E-state index in [2.05, 4.69) is 151 Å². The Morgan fingerprint density at radius 2 is 1.13 bits per heavy atom. The minimum atomic E-state index is 0.279. The zero-order valence-electron chi connectivity index (χ0n) is 21.8. The Hall–Kier alpha value is -4.88. The quantitative estimate of drug-likeness (QED) is 0.229. The summed E-state index contributed by atoms with van der Waals surface area (Å²) >= 11 is 0. The standard InChI is InChI=1S/C38H27N/c1-25-9-8-10-29(23-25)39-36-16-7-6-13-32(36)35-24-28(21-22-37(35)39)26-17-19-27(20-18-26)38-33-14-4-2-11-30(33)31-12-3-5-15-34(31)38/h2-24,38H,1H3. The Kier molecular flexibility index (Phi) is 4.87. The Balaban J connectivity index is 1.23. The van der Waals surface area contributed by atoms with Crippen LogP contribution in [-0.2, 0) is 0 Å². The van der Waals surface area contributed by atoms with Gasteiger partial charge in [0, 0.05) is 22.4 Å². The van der Waals surface area contributed by atoms with E-state index in [1.165, 1.54) is 72.0 Å². The first-order valence-corrected chi connectivity index (χ1v) is 13.6. The molecular weight excluding hydrogens is 470 g/mol. The summed E-state index contributed by atoms with van der Waals surface area (Å²) in [4.78, 5) is 0. The van der Waals surface area contributed by atoms with Gasteiger partial charge in [-0.25, -0.2) is 0 Å². The van der Waals surface area contributed by atoms with E-state index >= 15 is 0 Å². The Labute approximate surface area is 228 Å². The summed E-state index contributed by atoms with van der Waals surface area (Å²) in [5.74, 6) is 0.279. The number of benzene rings is 6. The lowest BCUT2D eigenvalue weighted by Crippen LogP contribution is -1.98. The monoisotopic (exact) mass is 497 g/mol. The maximum Gasteiger partial charge on any atom is 0.0541 e. The molecule has 39 heavy (non-hydrogen) atoms. The summed E-state index contributed by atoms with van der Waals surface area (Å²) < 4.78 is 2.39. The molecule has 0 spiro atoms. The highest BCUT2D eigenvalue weighted by Crippen LogP contribution is 2.48. The average molecular weight is 498 g/mol. The van der Waals surface area contributed by atoms with Crippen molar-refractivity contribution in [3.05, 3.63) is 162 Å². The normalized spacial score (nSPS) is 12.6. The summed E-state index contributed by atoms with van der Waals surface area (Å²) in [5, 5.41) is 2.57. The lowest BCUT2D eigenvalue weighted by molar-refractivity contribution is 1.02. The Morgan fingerprint density at radius 1 is 0.487 bits per heavy atom. The molecule has 0 fully saturated rings. The van der Waals surface area contributed by atoms with E-state index < -0.39 is 0 Å². The predicted molar refractivity (Wildman–Crippen MR) is 164 cm³/mol. The molecule has 0 saturated carbocycles. The van der Waals surface area contributed by atoms with Crippen LogP contribution in [0.5, 0.6) is 0 Å². The Morgan fingerprint density at radius 3 is 1.87 bits per heavy atom. The van der Waals surface area contributed by atoms with Gasteiger partial charge in [-0.2, -0.15) is 0 Å². The van der Waals surface area contributed by atoms with Gasteiger partial charge in [-0.15, -0.1) is 0 Å². The average Bonchev–Trinajstić information content (AvgIpc) is 3.50. The number of aryl methyl sites for hydroxylation is 1. The third-order valence-corrected chi connectivity index (χ3v) is 8.34. The van der Waals surface area contributed by atoms with Crippen LogP contribution < -0.4 is 0 Å². The number of para-hydroxylation sites is 1. The smallest absolute Gasteiger partial charge is 0.0541 e. The molecule has 1 aliphatic carbocycles. The molecule has 0 N–H and O–H groups in total. The van der Waals surface area contributed by atoms with Crippen LogP contribution in [0.25, 0.3) is 49.7 Å². The predicted octanol–water partition coefficient (Wildman–Crippen LogP) is 9.92. The molecule has 8 rings (SSSR count). The van der Waals surface area contributed by atoms with Crippen molar-refractivity contribution in [1.29, 1.82) is 0 Å². The molecule has 1 heterocycles. The summed E-state index contributed by atoms with van der Waals surface area (Å²) in [5.41, 5.74) is 14.3. The van der Waals surface area contributed by atoms with E-state index in [-0.39, 0.29) is 5.92 Å². The lowest BCUT2D eigenvalue weighted by Gasteiger charge is -2.15. The van der Waals surface area contributed by atoms with E-state index in [1.807, 2.05) is 0 Å². The molecule has 0 amide bonds. The van der Waals surface area contributed by atoms with Crippen molar-refractivity contribution in [1.82, 2.24) is 4.57 Å². The van der Waals surface area contributed by atoms with Crippen LogP contribution in [0.15, 0.2) is 140 Å². The van der Waals surface area contributed by atoms with Crippen LogP contribution in [0.4, 0.5) is 0 Å². The molecule has 0 aliphatic heterocycles. The molecule has 6 aromatic carbocycles. The van der Waals surface area contributed by atoms with Crippen molar-refractivity contribution < 1.29 is 0 Å². The fraction of sp³-hybridized carbons (Fsp3) is 0.0526. The first-order chi connectivity index (χ1) is 19.3. The zero-order chi connectivity index (χ0) is 25.9. The second kappa shape index (κ2) is 8.58. The first kappa shape index (κ1) is 22.1. The summed E-state index contributed by atoms with van der Waals surface area (Å²) in [6.07, 6.45) is 0. The van der Waals surface area contributed by atoms with Gasteiger partial charge in [0.2, 0.25) is 0 Å². The summed E-state index contributed by atoms with van der Waals surface area (Å²) in [7, 11) is 0. The third-order valence-electron chi connectivity index (χ3n) is 8.34. The molecule has 0 saturated heterocycles. The minimum Gasteiger partial charge on any atom is -0.309 e. The van der Waals surface area contributed by atoms with E-state index in [0.29, 0.717) is 0 Å². The van der Waals surface area contributed by atoms with Crippen molar-refractivity contribution in [3.63, 3.8) is 0 Å². The maximum absolute atomic E-state index is 2.39. The maximum atomic E-state index is 2.39. The molecule has 184 valence electrons. The molecule has 7 aromatic rings. The lowest BCUT2D eigenvalue weighted by atomic mass is 9.88. The van der Waals surface area contributed by atoms with Gasteiger partial charge in [-0.05, 0) is 81.8 Å². The first-order valence-electron chi connectivity index (χ1n) is 13.6. The largest absolute Gasteiger partial charge is 0.309 e. The van der Waals surface area contributed by atoms with E-state index in [0.717, 1.165) is 0 Å². The molecule has 1 aliphatic rings. The van der Waals surface area contributed by atoms with Crippen LogP contribution >= 0.6 is 0 Å². The molecule has 0 unspecified atom stereocenters. The van der Waals surface area contributed by atoms with Crippen LogP contribution in [-0.4, -0.2) is 4.57 Å². The minimum absolute atomic E-state index is 0.279. The second-order valence-electron chi connectivity index (χ2n) is 10.7. The molecule has 0 radical (unpaired) electrons. The fourth-order valence-electron chi connectivity index (χ4n) is 6.58. The van der Waals surface area contributed by atoms with Gasteiger partial charge < -0.3 is 4.57 Å².